The average Bonchev–Trinajstić information content (AvgIpc) is 3.16. The number of anilines is 2. The molecule has 0 spiro atoms. The van der Waals surface area contributed by atoms with Gasteiger partial charge < -0.3 is 20.1 Å². The van der Waals surface area contributed by atoms with Crippen molar-refractivity contribution in [2.24, 2.45) is 0 Å². The number of hydrogen-bond acceptors (Lipinski definition) is 10. The lowest BCUT2D eigenvalue weighted by molar-refractivity contribution is -0.274. The van der Waals surface area contributed by atoms with E-state index in [0.29, 0.717) is 66.9 Å². The van der Waals surface area contributed by atoms with Crippen LogP contribution in [0.2, 0.25) is 0 Å². The number of sulfonamides is 1. The fourth-order valence-corrected chi connectivity index (χ4v) is 7.92. The molecule has 3 N–H and O–H groups in total. The van der Waals surface area contributed by atoms with Gasteiger partial charge in [-0.05, 0) is 90.0 Å². The molecule has 10 nitrogen and oxygen atoms in total. The molecule has 57 heavy (non-hydrogen) atoms. The Balaban J connectivity index is 1.05. The summed E-state index contributed by atoms with van der Waals surface area (Å²) in [4.78, 5) is 21.2. The van der Waals surface area contributed by atoms with E-state index in [-0.39, 0.29) is 23.5 Å². The van der Waals surface area contributed by atoms with Crippen molar-refractivity contribution in [3.63, 3.8) is 0 Å². The van der Waals surface area contributed by atoms with Crippen LogP contribution in [0.3, 0.4) is 0 Å². The van der Waals surface area contributed by atoms with Crippen LogP contribution in [0.1, 0.15) is 21.5 Å². The zero-order valence-corrected chi connectivity index (χ0v) is 31.5. The number of halogens is 6. The predicted molar refractivity (Wildman–Crippen MR) is 204 cm³/mol. The number of thioether (sulfide) groups is 1. The Morgan fingerprint density at radius 1 is 0.842 bits per heavy atom. The second kappa shape index (κ2) is 17.4. The van der Waals surface area contributed by atoms with Crippen LogP contribution in [-0.4, -0.2) is 74.2 Å². The third kappa shape index (κ3) is 11.3. The highest BCUT2D eigenvalue weighted by molar-refractivity contribution is 7.99. The molecule has 0 saturated carbocycles. The number of aromatic hydroxyl groups is 1. The van der Waals surface area contributed by atoms with Crippen molar-refractivity contribution in [2.75, 3.05) is 48.7 Å². The Hall–Kier alpha value is -5.46. The van der Waals surface area contributed by atoms with Crippen LogP contribution in [0.4, 0.5) is 37.7 Å². The fourth-order valence-electron chi connectivity index (χ4n) is 6.13. The van der Waals surface area contributed by atoms with E-state index in [9.17, 15) is 44.7 Å². The molecular formula is C39H35F6N5O5S2. The maximum absolute atomic E-state index is 14.0. The van der Waals surface area contributed by atoms with Crippen LogP contribution >= 0.6 is 11.8 Å². The number of hydrogen-bond donors (Lipinski definition) is 3. The maximum atomic E-state index is 14.0. The molecule has 18 heteroatoms. The van der Waals surface area contributed by atoms with Gasteiger partial charge in [0.05, 0.1) is 16.7 Å². The average molecular weight is 832 g/mol. The highest BCUT2D eigenvalue weighted by atomic mass is 32.2. The molecule has 1 fully saturated rings. The number of alkyl halides is 6. The van der Waals surface area contributed by atoms with Gasteiger partial charge in [-0.15, -0.1) is 24.9 Å². The molecule has 0 unspecified atom stereocenters. The first kappa shape index (κ1) is 41.2. The Kier molecular flexibility index (Phi) is 12.5. The lowest BCUT2D eigenvalue weighted by Crippen LogP contribution is -2.46. The van der Waals surface area contributed by atoms with Gasteiger partial charge in [0.15, 0.2) is 0 Å². The summed E-state index contributed by atoms with van der Waals surface area (Å²) in [6.45, 7) is 2.55. The normalized spacial score (nSPS) is 14.0. The van der Waals surface area contributed by atoms with Gasteiger partial charge in [0.25, 0.3) is 15.9 Å². The molecule has 0 bridgehead atoms. The maximum Gasteiger partial charge on any atom is 0.573 e. The number of benzene rings is 4. The van der Waals surface area contributed by atoms with E-state index in [4.69, 9.17) is 0 Å². The third-order valence-electron chi connectivity index (χ3n) is 8.79. The summed E-state index contributed by atoms with van der Waals surface area (Å²) in [6.07, 6.45) is -7.16. The molecular weight excluding hydrogens is 797 g/mol. The number of pyridine rings is 1. The van der Waals surface area contributed by atoms with Crippen LogP contribution in [0.5, 0.6) is 11.5 Å². The summed E-state index contributed by atoms with van der Waals surface area (Å²) in [5.74, 6) is -1.13. The van der Waals surface area contributed by atoms with Crippen molar-refractivity contribution in [2.45, 2.75) is 28.9 Å². The molecule has 4 aromatic carbocycles. The van der Waals surface area contributed by atoms with Gasteiger partial charge in [0.1, 0.15) is 11.5 Å². The summed E-state index contributed by atoms with van der Waals surface area (Å²) in [5.41, 5.74) is 0.534. The zero-order valence-electron chi connectivity index (χ0n) is 29.8. The summed E-state index contributed by atoms with van der Waals surface area (Å²) >= 11 is 1.45. The Morgan fingerprint density at radius 2 is 1.56 bits per heavy atom. The first-order valence-corrected chi connectivity index (χ1v) is 19.8. The van der Waals surface area contributed by atoms with Crippen molar-refractivity contribution in [3.05, 3.63) is 126 Å². The van der Waals surface area contributed by atoms with Crippen LogP contribution in [0.15, 0.2) is 119 Å². The van der Waals surface area contributed by atoms with Crippen LogP contribution < -0.4 is 19.7 Å². The van der Waals surface area contributed by atoms with E-state index in [1.165, 1.54) is 54.5 Å². The molecule has 300 valence electrons. The predicted octanol–water partition coefficient (Wildman–Crippen LogP) is 8.02. The smallest absolute Gasteiger partial charge is 0.506 e. The van der Waals surface area contributed by atoms with Gasteiger partial charge in [0.2, 0.25) is 0 Å². The fraction of sp³-hybridized carbons (Fsp3) is 0.231. The van der Waals surface area contributed by atoms with Crippen molar-refractivity contribution in [3.8, 4) is 22.6 Å². The van der Waals surface area contributed by atoms with E-state index in [2.05, 4.69) is 15.0 Å². The highest BCUT2D eigenvalue weighted by Crippen LogP contribution is 2.37. The Labute approximate surface area is 328 Å². The number of nitrogens with one attached hydrogen (secondary N) is 2. The van der Waals surface area contributed by atoms with E-state index < -0.39 is 44.7 Å². The summed E-state index contributed by atoms with van der Waals surface area (Å²) in [5, 5.41) is 12.6. The molecule has 1 amide bonds. The number of carbonyl (C=O) groups is 1. The second-order valence-corrected chi connectivity index (χ2v) is 15.7. The molecule has 0 atom stereocenters. The minimum absolute atomic E-state index is 0.0371. The van der Waals surface area contributed by atoms with Crippen LogP contribution in [0.25, 0.3) is 11.1 Å². The first-order valence-electron chi connectivity index (χ1n) is 17.3. The summed E-state index contributed by atoms with van der Waals surface area (Å²) in [7, 11) is -4.69. The van der Waals surface area contributed by atoms with Crippen LogP contribution in [0, 0.1) is 0 Å². The van der Waals surface area contributed by atoms with Gasteiger partial charge in [-0.2, -0.15) is 13.2 Å². The standard InChI is InChI=1S/C39H35F6N5O5S2/c40-38(41,42)35-22-34(10-11-36(35)47-12-17-56-33-4-2-1-3-5-33)57(53,54)48-37(52)27-6-8-30(9-7-27)50-15-13-49(14-16-50)25-26-18-28(29-20-31(51)24-46-23-29)21-32(19-26)55-39(43,44)45/h1-11,18-24,47,51H,12-17,25H2,(H,48,52). The molecule has 1 saturated heterocycles. The zero-order chi connectivity index (χ0) is 40.8. The summed E-state index contributed by atoms with van der Waals surface area (Å²) < 4.78 is 114. The molecule has 0 radical (unpaired) electrons. The van der Waals surface area contributed by atoms with Crippen molar-refractivity contribution >= 4 is 39.1 Å². The van der Waals surface area contributed by atoms with Gasteiger partial charge in [-0.1, -0.05) is 18.2 Å². The molecule has 5 aromatic rings. The number of amides is 1. The second-order valence-electron chi connectivity index (χ2n) is 12.9. The van der Waals surface area contributed by atoms with E-state index in [1.54, 1.807) is 18.2 Å². The van der Waals surface area contributed by atoms with Crippen molar-refractivity contribution < 1.29 is 49.4 Å². The Morgan fingerprint density at radius 3 is 2.23 bits per heavy atom. The SMILES string of the molecule is O=C(NS(=O)(=O)c1ccc(NCCSc2ccccc2)c(C(F)(F)F)c1)c1ccc(N2CCN(Cc3cc(OC(F)(F)F)cc(-c4cncc(O)c4)c3)CC2)cc1. The number of ether oxygens (including phenoxy) is 1. The minimum atomic E-state index is -4.91. The minimum Gasteiger partial charge on any atom is -0.506 e. The number of carbonyl (C=O) groups excluding carboxylic acids is 1. The number of aromatic nitrogens is 1. The molecule has 6 rings (SSSR count). The van der Waals surface area contributed by atoms with Gasteiger partial charge in [0, 0.05) is 78.6 Å². The van der Waals surface area contributed by atoms with Gasteiger partial charge in [-0.3, -0.25) is 14.7 Å². The topological polar surface area (TPSA) is 124 Å². The van der Waals surface area contributed by atoms with E-state index >= 15 is 0 Å². The number of rotatable bonds is 13. The molecule has 2 heterocycles. The van der Waals surface area contributed by atoms with Crippen molar-refractivity contribution in [1.29, 1.82) is 0 Å². The van der Waals surface area contributed by atoms with Gasteiger partial charge in [-0.25, -0.2) is 13.1 Å². The molecule has 1 aliphatic heterocycles. The van der Waals surface area contributed by atoms with Crippen molar-refractivity contribution in [1.82, 2.24) is 14.6 Å². The largest absolute Gasteiger partial charge is 0.573 e. The molecule has 0 aliphatic carbocycles. The Bertz CT molecular complexity index is 2290. The van der Waals surface area contributed by atoms with E-state index in [0.717, 1.165) is 17.0 Å². The molecule has 1 aliphatic rings. The molecule has 1 aromatic heterocycles. The number of nitrogens with zero attached hydrogens (tertiary/aromatic N) is 3. The lowest BCUT2D eigenvalue weighted by atomic mass is 10.0. The first-order chi connectivity index (χ1) is 27.0. The number of piperazine rings is 1. The van der Waals surface area contributed by atoms with E-state index in [1.807, 2.05) is 44.9 Å². The van der Waals surface area contributed by atoms with Crippen LogP contribution in [-0.2, 0) is 22.7 Å². The lowest BCUT2D eigenvalue weighted by Gasteiger charge is -2.36. The summed E-state index contributed by atoms with van der Waals surface area (Å²) in [6, 6.07) is 23.5. The van der Waals surface area contributed by atoms with Gasteiger partial charge >= 0.3 is 12.5 Å². The quantitative estimate of drug-likeness (QED) is 0.0611. The monoisotopic (exact) mass is 831 g/mol. The third-order valence-corrected chi connectivity index (χ3v) is 11.1. The highest BCUT2D eigenvalue weighted by Gasteiger charge is 2.35.